The van der Waals surface area contributed by atoms with E-state index in [1.165, 1.54) is 6.92 Å². The number of benzene rings is 1. The van der Waals surface area contributed by atoms with Crippen molar-refractivity contribution in [3.8, 4) is 0 Å². The molecule has 8 nitrogen and oxygen atoms in total. The third-order valence-electron chi connectivity index (χ3n) is 4.82. The number of hydrogen-bond acceptors (Lipinski definition) is 4. The van der Waals surface area contributed by atoms with Gasteiger partial charge in [0.15, 0.2) is 5.78 Å². The summed E-state index contributed by atoms with van der Waals surface area (Å²) in [5.41, 5.74) is 8.76. The molecule has 0 aliphatic carbocycles. The minimum absolute atomic E-state index is 0.121. The second kappa shape index (κ2) is 7.30. The Labute approximate surface area is 162 Å². The lowest BCUT2D eigenvalue weighted by molar-refractivity contribution is 0.0844. The Morgan fingerprint density at radius 2 is 1.79 bits per heavy atom. The molecule has 8 heteroatoms. The van der Waals surface area contributed by atoms with Gasteiger partial charge in [-0.1, -0.05) is 0 Å². The minimum Gasteiger partial charge on any atom is -0.354 e. The molecule has 146 valence electrons. The van der Waals surface area contributed by atoms with Gasteiger partial charge in [-0.05, 0) is 58.4 Å². The summed E-state index contributed by atoms with van der Waals surface area (Å²) in [4.78, 5) is 43.9. The van der Waals surface area contributed by atoms with E-state index in [0.717, 1.165) is 23.4 Å². The van der Waals surface area contributed by atoms with Crippen LogP contribution in [0.2, 0.25) is 0 Å². The molecule has 0 radical (unpaired) electrons. The molecule has 0 saturated heterocycles. The summed E-state index contributed by atoms with van der Waals surface area (Å²) in [5.74, 6) is -0.216. The van der Waals surface area contributed by atoms with E-state index in [2.05, 4.69) is 25.4 Å². The fourth-order valence-corrected chi connectivity index (χ4v) is 3.54. The Balaban J connectivity index is 1.75. The molecule has 3 aromatic rings. The lowest BCUT2D eigenvalue weighted by Crippen LogP contribution is -2.42. The van der Waals surface area contributed by atoms with Crippen LogP contribution in [0.15, 0.2) is 18.2 Å². The number of hydrazine groups is 1. The largest absolute Gasteiger partial charge is 0.354 e. The molecule has 2 amide bonds. The molecule has 0 bridgehead atoms. The summed E-state index contributed by atoms with van der Waals surface area (Å²) in [6, 6.07) is 5.22. The van der Waals surface area contributed by atoms with Crippen molar-refractivity contribution in [2.75, 3.05) is 0 Å². The molecule has 3 N–H and O–H groups in total. The fourth-order valence-electron chi connectivity index (χ4n) is 3.54. The summed E-state index contributed by atoms with van der Waals surface area (Å²) in [6.07, 6.45) is 0. The van der Waals surface area contributed by atoms with Gasteiger partial charge >= 0.3 is 0 Å². The maximum Gasteiger partial charge on any atom is 0.286 e. The molecule has 0 saturated carbocycles. The highest BCUT2D eigenvalue weighted by atomic mass is 16.2. The van der Waals surface area contributed by atoms with Crippen LogP contribution in [0.5, 0.6) is 0 Å². The number of hydrogen-bond donors (Lipinski definition) is 3. The number of fused-ring (bicyclic) bond motifs is 1. The summed E-state index contributed by atoms with van der Waals surface area (Å²) < 4.78 is 2.06. The van der Waals surface area contributed by atoms with E-state index in [1.807, 2.05) is 19.9 Å². The zero-order chi connectivity index (χ0) is 20.6. The first-order chi connectivity index (χ1) is 13.2. The first kappa shape index (κ1) is 19.3. The second-order valence-corrected chi connectivity index (χ2v) is 6.70. The maximum absolute atomic E-state index is 12.4. The smallest absolute Gasteiger partial charge is 0.286 e. The van der Waals surface area contributed by atoms with Gasteiger partial charge in [0.2, 0.25) is 0 Å². The fraction of sp³-hybridized carbons (Fsp3) is 0.300. The number of carbonyl (C=O) groups is 3. The van der Waals surface area contributed by atoms with E-state index >= 15 is 0 Å². The molecular weight excluding hydrogens is 358 g/mol. The molecule has 0 spiro atoms. The maximum atomic E-state index is 12.4. The Hall–Kier alpha value is -3.42. The van der Waals surface area contributed by atoms with Crippen LogP contribution in [-0.4, -0.2) is 32.1 Å². The Kier molecular flexibility index (Phi) is 5.04. The van der Waals surface area contributed by atoms with Gasteiger partial charge in [0.1, 0.15) is 11.5 Å². The van der Waals surface area contributed by atoms with Crippen LogP contribution < -0.4 is 10.9 Å². The van der Waals surface area contributed by atoms with Gasteiger partial charge in [-0.3, -0.25) is 25.2 Å². The number of Topliss-reactive ketones (excluding diaryl/α,β-unsaturated/α-hetero) is 1. The second-order valence-electron chi connectivity index (χ2n) is 6.70. The Bertz CT molecular complexity index is 1110. The number of aromatic amines is 1. The Morgan fingerprint density at radius 1 is 1.11 bits per heavy atom. The molecular formula is C20H23N5O3. The van der Waals surface area contributed by atoms with Crippen molar-refractivity contribution in [1.82, 2.24) is 25.4 Å². The van der Waals surface area contributed by atoms with Crippen LogP contribution in [0.3, 0.4) is 0 Å². The standard InChI is InChI=1S/C20H23N5O3/c1-6-25-13(5)22-15-9-14(7-8-16(15)25)19(27)23-24-20(28)18-10(2)17(12(4)26)11(3)21-18/h7-9,21H,6H2,1-5H3,(H,23,27)(H,24,28). The number of imidazole rings is 1. The highest BCUT2D eigenvalue weighted by molar-refractivity contribution is 6.04. The molecule has 0 unspecified atom stereocenters. The highest BCUT2D eigenvalue weighted by Crippen LogP contribution is 2.19. The molecule has 1 aromatic carbocycles. The van der Waals surface area contributed by atoms with E-state index in [9.17, 15) is 14.4 Å². The lowest BCUT2D eigenvalue weighted by Gasteiger charge is -2.08. The van der Waals surface area contributed by atoms with Gasteiger partial charge in [-0.25, -0.2) is 4.98 Å². The zero-order valence-electron chi connectivity index (χ0n) is 16.6. The molecule has 0 atom stereocenters. The van der Waals surface area contributed by atoms with Crippen LogP contribution in [0, 0.1) is 20.8 Å². The van der Waals surface area contributed by atoms with Crippen molar-refractivity contribution in [2.45, 2.75) is 41.2 Å². The van der Waals surface area contributed by atoms with E-state index < -0.39 is 11.8 Å². The van der Waals surface area contributed by atoms with Crippen LogP contribution in [0.1, 0.15) is 62.1 Å². The number of aryl methyl sites for hydroxylation is 3. The van der Waals surface area contributed by atoms with E-state index in [0.29, 0.717) is 22.4 Å². The summed E-state index contributed by atoms with van der Waals surface area (Å²) in [7, 11) is 0. The molecule has 0 aliphatic heterocycles. The molecule has 2 heterocycles. The third-order valence-corrected chi connectivity index (χ3v) is 4.82. The average Bonchev–Trinajstić information content (AvgIpc) is 3.13. The summed E-state index contributed by atoms with van der Waals surface area (Å²) >= 11 is 0. The first-order valence-corrected chi connectivity index (χ1v) is 9.02. The first-order valence-electron chi connectivity index (χ1n) is 9.02. The zero-order valence-corrected chi connectivity index (χ0v) is 16.6. The number of amides is 2. The van der Waals surface area contributed by atoms with Crippen molar-refractivity contribution >= 4 is 28.6 Å². The van der Waals surface area contributed by atoms with Gasteiger partial charge in [0.05, 0.1) is 11.0 Å². The van der Waals surface area contributed by atoms with Gasteiger partial charge in [-0.2, -0.15) is 0 Å². The van der Waals surface area contributed by atoms with Crippen LogP contribution in [-0.2, 0) is 6.54 Å². The summed E-state index contributed by atoms with van der Waals surface area (Å²) in [5, 5.41) is 0. The molecule has 0 aliphatic rings. The van der Waals surface area contributed by atoms with E-state index in [4.69, 9.17) is 0 Å². The monoisotopic (exact) mass is 381 g/mol. The number of ketones is 1. The molecule has 28 heavy (non-hydrogen) atoms. The molecule has 0 fully saturated rings. The Morgan fingerprint density at radius 3 is 2.39 bits per heavy atom. The number of rotatable bonds is 4. The number of aromatic nitrogens is 3. The van der Waals surface area contributed by atoms with Crippen molar-refractivity contribution in [3.05, 3.63) is 52.1 Å². The number of nitrogens with zero attached hydrogens (tertiary/aromatic N) is 2. The minimum atomic E-state index is -0.520. The van der Waals surface area contributed by atoms with Crippen LogP contribution in [0.25, 0.3) is 11.0 Å². The lowest BCUT2D eigenvalue weighted by atomic mass is 10.1. The molecule has 3 rings (SSSR count). The van der Waals surface area contributed by atoms with Crippen molar-refractivity contribution < 1.29 is 14.4 Å². The van der Waals surface area contributed by atoms with E-state index in [1.54, 1.807) is 26.0 Å². The predicted octanol–water partition coefficient (Wildman–Crippen LogP) is 2.59. The van der Waals surface area contributed by atoms with Crippen LogP contribution >= 0.6 is 0 Å². The van der Waals surface area contributed by atoms with Crippen LogP contribution in [0.4, 0.5) is 0 Å². The topological polar surface area (TPSA) is 109 Å². The van der Waals surface area contributed by atoms with Crippen molar-refractivity contribution in [3.63, 3.8) is 0 Å². The van der Waals surface area contributed by atoms with Crippen molar-refractivity contribution in [1.29, 1.82) is 0 Å². The predicted molar refractivity (Wildman–Crippen MR) is 105 cm³/mol. The quantitative estimate of drug-likeness (QED) is 0.477. The normalized spacial score (nSPS) is 10.9. The molecule has 2 aromatic heterocycles. The van der Waals surface area contributed by atoms with E-state index in [-0.39, 0.29) is 11.5 Å². The number of nitrogens with one attached hydrogen (secondary N) is 3. The van der Waals surface area contributed by atoms with Gasteiger partial charge < -0.3 is 9.55 Å². The van der Waals surface area contributed by atoms with Gasteiger partial charge in [0.25, 0.3) is 11.8 Å². The van der Waals surface area contributed by atoms with Crippen molar-refractivity contribution in [2.24, 2.45) is 0 Å². The SMILES string of the molecule is CCn1c(C)nc2cc(C(=O)NNC(=O)c3[nH]c(C)c(C(C)=O)c3C)ccc21. The highest BCUT2D eigenvalue weighted by Gasteiger charge is 2.20. The number of H-pyrrole nitrogens is 1. The number of carbonyl (C=O) groups excluding carboxylic acids is 3. The summed E-state index contributed by atoms with van der Waals surface area (Å²) in [6.45, 7) is 9.61. The third kappa shape index (κ3) is 3.28. The van der Waals surface area contributed by atoms with Gasteiger partial charge in [0, 0.05) is 23.4 Å². The average molecular weight is 381 g/mol. The van der Waals surface area contributed by atoms with Gasteiger partial charge in [-0.15, -0.1) is 0 Å².